The molecule has 1 atom stereocenters. The minimum atomic E-state index is -1.04. The highest BCUT2D eigenvalue weighted by atomic mass is 16.5. The number of aliphatic carboxylic acids is 1. The molecule has 1 fully saturated rings. The SMILES string of the molecule is CCC(CC)n1nccc1C(=O)N1CCOC(C(=O)O)C1. The first-order valence-corrected chi connectivity index (χ1v) is 7.25. The monoisotopic (exact) mass is 295 g/mol. The van der Waals surface area contributed by atoms with Crippen molar-refractivity contribution < 1.29 is 19.4 Å². The average Bonchev–Trinajstić information content (AvgIpc) is 2.97. The lowest BCUT2D eigenvalue weighted by atomic mass is 10.1. The van der Waals surface area contributed by atoms with Gasteiger partial charge in [0.25, 0.3) is 5.91 Å². The maximum absolute atomic E-state index is 12.6. The van der Waals surface area contributed by atoms with Crippen LogP contribution in [0.4, 0.5) is 0 Å². The molecule has 0 aromatic carbocycles. The Labute approximate surface area is 123 Å². The van der Waals surface area contributed by atoms with Crippen LogP contribution in [0.25, 0.3) is 0 Å². The number of carbonyl (C=O) groups is 2. The Morgan fingerprint density at radius 3 is 2.81 bits per heavy atom. The minimum Gasteiger partial charge on any atom is -0.479 e. The zero-order valence-electron chi connectivity index (χ0n) is 12.4. The molecule has 1 aromatic rings. The summed E-state index contributed by atoms with van der Waals surface area (Å²) >= 11 is 0. The van der Waals surface area contributed by atoms with Crippen molar-refractivity contribution in [2.75, 3.05) is 19.7 Å². The smallest absolute Gasteiger partial charge is 0.334 e. The van der Waals surface area contributed by atoms with E-state index in [9.17, 15) is 9.59 Å². The molecule has 1 unspecified atom stereocenters. The van der Waals surface area contributed by atoms with Gasteiger partial charge in [-0.3, -0.25) is 9.48 Å². The Bertz CT molecular complexity index is 510. The van der Waals surface area contributed by atoms with Gasteiger partial charge in [-0.15, -0.1) is 0 Å². The van der Waals surface area contributed by atoms with Gasteiger partial charge in [-0.05, 0) is 18.9 Å². The molecule has 0 spiro atoms. The van der Waals surface area contributed by atoms with Crippen molar-refractivity contribution in [3.8, 4) is 0 Å². The van der Waals surface area contributed by atoms with Crippen molar-refractivity contribution in [3.63, 3.8) is 0 Å². The van der Waals surface area contributed by atoms with E-state index in [-0.39, 0.29) is 25.1 Å². The number of morpholine rings is 1. The maximum Gasteiger partial charge on any atom is 0.334 e. The number of rotatable bonds is 5. The fraction of sp³-hybridized carbons (Fsp3) is 0.643. The van der Waals surface area contributed by atoms with Crippen LogP contribution >= 0.6 is 0 Å². The van der Waals surface area contributed by atoms with Crippen LogP contribution < -0.4 is 0 Å². The first kappa shape index (κ1) is 15.5. The highest BCUT2D eigenvalue weighted by Gasteiger charge is 2.31. The Morgan fingerprint density at radius 2 is 2.19 bits per heavy atom. The summed E-state index contributed by atoms with van der Waals surface area (Å²) in [5.41, 5.74) is 0.509. The summed E-state index contributed by atoms with van der Waals surface area (Å²) in [5, 5.41) is 13.3. The summed E-state index contributed by atoms with van der Waals surface area (Å²) in [6.45, 7) is 4.82. The second kappa shape index (κ2) is 6.71. The second-order valence-corrected chi connectivity index (χ2v) is 5.08. The van der Waals surface area contributed by atoms with Gasteiger partial charge in [0, 0.05) is 12.7 Å². The third-order valence-corrected chi connectivity index (χ3v) is 3.81. The van der Waals surface area contributed by atoms with Gasteiger partial charge < -0.3 is 14.7 Å². The van der Waals surface area contributed by atoms with Crippen LogP contribution in [0.3, 0.4) is 0 Å². The molecular formula is C14H21N3O4. The third kappa shape index (κ3) is 3.24. The molecule has 0 bridgehead atoms. The molecule has 2 heterocycles. The van der Waals surface area contributed by atoms with Gasteiger partial charge in [0.1, 0.15) is 5.69 Å². The van der Waals surface area contributed by atoms with E-state index in [1.165, 1.54) is 4.90 Å². The number of carbonyl (C=O) groups excluding carboxylic acids is 1. The molecule has 1 aliphatic heterocycles. The van der Waals surface area contributed by atoms with Gasteiger partial charge in [0.15, 0.2) is 6.10 Å². The summed E-state index contributed by atoms with van der Waals surface area (Å²) in [6.07, 6.45) is 2.44. The second-order valence-electron chi connectivity index (χ2n) is 5.08. The van der Waals surface area contributed by atoms with Crippen molar-refractivity contribution in [3.05, 3.63) is 18.0 Å². The summed E-state index contributed by atoms with van der Waals surface area (Å²) < 4.78 is 6.88. The first-order chi connectivity index (χ1) is 10.1. The summed E-state index contributed by atoms with van der Waals surface area (Å²) in [6, 6.07) is 1.86. The van der Waals surface area contributed by atoms with Crippen molar-refractivity contribution in [2.45, 2.75) is 38.8 Å². The maximum atomic E-state index is 12.6. The van der Waals surface area contributed by atoms with E-state index in [1.54, 1.807) is 16.9 Å². The molecule has 1 N–H and O–H groups in total. The average molecular weight is 295 g/mol. The van der Waals surface area contributed by atoms with Crippen LogP contribution in [0.1, 0.15) is 43.2 Å². The summed E-state index contributed by atoms with van der Waals surface area (Å²) in [4.78, 5) is 25.1. The minimum absolute atomic E-state index is 0.0717. The number of hydrogen-bond donors (Lipinski definition) is 1. The predicted octanol–water partition coefficient (Wildman–Crippen LogP) is 1.17. The van der Waals surface area contributed by atoms with E-state index >= 15 is 0 Å². The number of nitrogens with zero attached hydrogens (tertiary/aromatic N) is 3. The van der Waals surface area contributed by atoms with Crippen molar-refractivity contribution in [2.24, 2.45) is 0 Å². The Balaban J connectivity index is 2.17. The standard InChI is InChI=1S/C14H21N3O4/c1-3-10(4-2)17-11(5-6-15-17)13(18)16-7-8-21-12(9-16)14(19)20/h5-6,10,12H,3-4,7-9H2,1-2H3,(H,19,20). The molecule has 0 saturated carbocycles. The molecule has 1 saturated heterocycles. The van der Waals surface area contributed by atoms with Gasteiger partial charge in [0.05, 0.1) is 19.2 Å². The Kier molecular flexibility index (Phi) is 4.95. The lowest BCUT2D eigenvalue weighted by Gasteiger charge is -2.31. The highest BCUT2D eigenvalue weighted by Crippen LogP contribution is 2.19. The molecule has 7 heteroatoms. The number of ether oxygens (including phenoxy) is 1. The van der Waals surface area contributed by atoms with Crippen LogP contribution in [0, 0.1) is 0 Å². The number of amides is 1. The van der Waals surface area contributed by atoms with E-state index in [1.807, 2.05) is 0 Å². The zero-order valence-corrected chi connectivity index (χ0v) is 12.4. The van der Waals surface area contributed by atoms with Crippen LogP contribution in [0.15, 0.2) is 12.3 Å². The van der Waals surface area contributed by atoms with Crippen molar-refractivity contribution >= 4 is 11.9 Å². The van der Waals surface area contributed by atoms with Gasteiger partial charge in [-0.25, -0.2) is 4.79 Å². The summed E-state index contributed by atoms with van der Waals surface area (Å²) in [7, 11) is 0. The molecule has 1 aromatic heterocycles. The fourth-order valence-electron chi connectivity index (χ4n) is 2.55. The molecule has 1 aliphatic rings. The number of carboxylic acids is 1. The highest BCUT2D eigenvalue weighted by molar-refractivity contribution is 5.93. The largest absolute Gasteiger partial charge is 0.479 e. The van der Waals surface area contributed by atoms with Gasteiger partial charge in [0.2, 0.25) is 0 Å². The molecular weight excluding hydrogens is 274 g/mol. The lowest BCUT2D eigenvalue weighted by Crippen LogP contribution is -2.49. The number of hydrogen-bond acceptors (Lipinski definition) is 4. The normalized spacial score (nSPS) is 19.0. The van der Waals surface area contributed by atoms with Crippen LogP contribution in [-0.2, 0) is 9.53 Å². The molecule has 2 rings (SSSR count). The number of carboxylic acid groups (broad SMARTS) is 1. The van der Waals surface area contributed by atoms with Crippen molar-refractivity contribution in [1.29, 1.82) is 0 Å². The third-order valence-electron chi connectivity index (χ3n) is 3.81. The summed E-state index contributed by atoms with van der Waals surface area (Å²) in [5.74, 6) is -1.23. The van der Waals surface area contributed by atoms with Crippen molar-refractivity contribution in [1.82, 2.24) is 14.7 Å². The predicted molar refractivity (Wildman–Crippen MR) is 75.1 cm³/mol. The van der Waals surface area contributed by atoms with Crippen LogP contribution in [0.2, 0.25) is 0 Å². The van der Waals surface area contributed by atoms with Crippen LogP contribution in [0.5, 0.6) is 0 Å². The van der Waals surface area contributed by atoms with Gasteiger partial charge in [-0.2, -0.15) is 5.10 Å². The van der Waals surface area contributed by atoms with Gasteiger partial charge in [-0.1, -0.05) is 13.8 Å². The quantitative estimate of drug-likeness (QED) is 0.881. The molecule has 0 aliphatic carbocycles. The Morgan fingerprint density at radius 1 is 1.48 bits per heavy atom. The van der Waals surface area contributed by atoms with Crippen LogP contribution in [-0.4, -0.2) is 57.5 Å². The first-order valence-electron chi connectivity index (χ1n) is 7.25. The molecule has 21 heavy (non-hydrogen) atoms. The molecule has 1 amide bonds. The van der Waals surface area contributed by atoms with E-state index < -0.39 is 12.1 Å². The molecule has 116 valence electrons. The fourth-order valence-corrected chi connectivity index (χ4v) is 2.55. The van der Waals surface area contributed by atoms with E-state index in [2.05, 4.69) is 18.9 Å². The molecule has 7 nitrogen and oxygen atoms in total. The van der Waals surface area contributed by atoms with E-state index in [0.717, 1.165) is 12.8 Å². The molecule has 0 radical (unpaired) electrons. The van der Waals surface area contributed by atoms with E-state index in [4.69, 9.17) is 9.84 Å². The Hall–Kier alpha value is -1.89. The van der Waals surface area contributed by atoms with E-state index in [0.29, 0.717) is 12.2 Å². The van der Waals surface area contributed by atoms with Gasteiger partial charge >= 0.3 is 5.97 Å². The topological polar surface area (TPSA) is 84.7 Å². The number of aromatic nitrogens is 2. The zero-order chi connectivity index (χ0) is 15.4. The lowest BCUT2D eigenvalue weighted by molar-refractivity contribution is -0.154.